The van der Waals surface area contributed by atoms with Gasteiger partial charge in [-0.1, -0.05) is 13.8 Å². The fourth-order valence-corrected chi connectivity index (χ4v) is 4.98. The Bertz CT molecular complexity index is 1560. The van der Waals surface area contributed by atoms with E-state index in [4.69, 9.17) is 0 Å². The lowest BCUT2D eigenvalue weighted by molar-refractivity contribution is -0.116. The van der Waals surface area contributed by atoms with Crippen molar-refractivity contribution in [3.63, 3.8) is 0 Å². The van der Waals surface area contributed by atoms with Gasteiger partial charge in [0, 0.05) is 69.6 Å². The van der Waals surface area contributed by atoms with E-state index in [1.54, 1.807) is 36.9 Å². The van der Waals surface area contributed by atoms with Gasteiger partial charge in [-0.05, 0) is 32.0 Å². The maximum atomic E-state index is 14.9. The van der Waals surface area contributed by atoms with Crippen LogP contribution in [-0.2, 0) is 18.4 Å². The number of benzene rings is 1. The van der Waals surface area contributed by atoms with Gasteiger partial charge in [-0.2, -0.15) is 0 Å². The van der Waals surface area contributed by atoms with Crippen molar-refractivity contribution in [3.8, 4) is 11.3 Å². The molecule has 1 amide bonds. The summed E-state index contributed by atoms with van der Waals surface area (Å²) in [4.78, 5) is 34.5. The molecule has 1 aliphatic heterocycles. The fraction of sp³-hybridized carbons (Fsp3) is 0.414. The van der Waals surface area contributed by atoms with Crippen molar-refractivity contribution >= 4 is 34.4 Å². The Labute approximate surface area is 237 Å². The number of amides is 1. The van der Waals surface area contributed by atoms with Crippen LogP contribution < -0.4 is 10.6 Å². The number of imidazole rings is 1. The van der Waals surface area contributed by atoms with E-state index in [2.05, 4.69) is 47.3 Å². The highest BCUT2D eigenvalue weighted by atomic mass is 19.1. The summed E-state index contributed by atoms with van der Waals surface area (Å²) in [5.74, 6) is -0.213. The molecule has 0 spiro atoms. The number of rotatable bonds is 9. The van der Waals surface area contributed by atoms with E-state index in [9.17, 15) is 13.6 Å². The first-order valence-electron chi connectivity index (χ1n) is 13.9. The molecule has 5 rings (SSSR count). The molecule has 4 aromatic rings. The Balaban J connectivity index is 1.41. The van der Waals surface area contributed by atoms with Gasteiger partial charge in [0.2, 0.25) is 11.9 Å². The highest BCUT2D eigenvalue weighted by Crippen LogP contribution is 2.29. The molecule has 216 valence electrons. The average molecular weight is 564 g/mol. The van der Waals surface area contributed by atoms with E-state index < -0.39 is 11.6 Å². The van der Waals surface area contributed by atoms with Gasteiger partial charge < -0.3 is 20.1 Å². The second kappa shape index (κ2) is 12.2. The molecule has 41 heavy (non-hydrogen) atoms. The summed E-state index contributed by atoms with van der Waals surface area (Å²) in [6, 6.07) is 4.61. The van der Waals surface area contributed by atoms with Crippen LogP contribution in [0, 0.1) is 18.6 Å². The van der Waals surface area contributed by atoms with Crippen LogP contribution in [0.25, 0.3) is 22.3 Å². The van der Waals surface area contributed by atoms with Crippen molar-refractivity contribution in [1.29, 1.82) is 0 Å². The summed E-state index contributed by atoms with van der Waals surface area (Å²) in [6.45, 7) is 11.5. The zero-order valence-electron chi connectivity index (χ0n) is 23.8. The van der Waals surface area contributed by atoms with Crippen LogP contribution in [0.4, 0.5) is 26.2 Å². The summed E-state index contributed by atoms with van der Waals surface area (Å²) >= 11 is 0. The number of piperazine rings is 1. The average Bonchev–Trinajstić information content (AvgIpc) is 3.25. The lowest BCUT2D eigenvalue weighted by Crippen LogP contribution is -2.45. The number of fused-ring (bicyclic) bond motifs is 1. The van der Waals surface area contributed by atoms with Gasteiger partial charge in [0.05, 0.1) is 17.4 Å². The molecule has 0 aliphatic carbocycles. The maximum Gasteiger partial charge on any atom is 0.229 e. The third kappa shape index (κ3) is 6.33. The summed E-state index contributed by atoms with van der Waals surface area (Å²) < 4.78 is 31.4. The lowest BCUT2D eigenvalue weighted by atomic mass is 10.1. The second-order valence-corrected chi connectivity index (χ2v) is 10.3. The van der Waals surface area contributed by atoms with Crippen LogP contribution in [0.2, 0.25) is 0 Å². The number of hydrogen-bond acceptors (Lipinski definition) is 8. The van der Waals surface area contributed by atoms with E-state index in [1.165, 1.54) is 6.07 Å². The van der Waals surface area contributed by atoms with Gasteiger partial charge in [-0.3, -0.25) is 9.69 Å². The minimum Gasteiger partial charge on any atom is -0.331 e. The topological polar surface area (TPSA) is 104 Å². The van der Waals surface area contributed by atoms with E-state index in [0.29, 0.717) is 35.8 Å². The molecule has 3 aromatic heterocycles. The van der Waals surface area contributed by atoms with Gasteiger partial charge >= 0.3 is 0 Å². The number of likely N-dealkylation sites (N-methyl/N-ethyl adjacent to an activating group) is 1. The first kappa shape index (κ1) is 28.5. The summed E-state index contributed by atoms with van der Waals surface area (Å²) in [5, 5.41) is 6.03. The minimum absolute atomic E-state index is 0.0542. The molecule has 1 saturated heterocycles. The number of carbonyl (C=O) groups excluding carboxylic acids is 1. The van der Waals surface area contributed by atoms with E-state index in [0.717, 1.165) is 50.9 Å². The molecule has 1 aliphatic rings. The zero-order chi connectivity index (χ0) is 29.1. The number of hydrogen-bond donors (Lipinski definition) is 2. The molecule has 0 saturated carbocycles. The molecule has 0 unspecified atom stereocenters. The lowest BCUT2D eigenvalue weighted by Gasteiger charge is -2.34. The Morgan fingerprint density at radius 3 is 2.46 bits per heavy atom. The molecule has 10 nitrogen and oxygen atoms in total. The van der Waals surface area contributed by atoms with Crippen LogP contribution in [-0.4, -0.2) is 72.9 Å². The number of nitrogens with one attached hydrogen (secondary N) is 2. The van der Waals surface area contributed by atoms with E-state index in [1.807, 2.05) is 6.92 Å². The third-order valence-electron chi connectivity index (χ3n) is 7.46. The Hall–Kier alpha value is -4.03. The number of anilines is 3. The second-order valence-electron chi connectivity index (χ2n) is 10.3. The molecule has 1 fully saturated rings. The fourth-order valence-electron chi connectivity index (χ4n) is 4.98. The first-order valence-corrected chi connectivity index (χ1v) is 13.9. The number of pyridine rings is 1. The van der Waals surface area contributed by atoms with Gasteiger partial charge in [0.1, 0.15) is 22.9 Å². The Morgan fingerprint density at radius 2 is 1.73 bits per heavy atom. The number of carbonyl (C=O) groups is 1. The highest BCUT2D eigenvalue weighted by Gasteiger charge is 2.19. The molecule has 4 heterocycles. The molecule has 1 aromatic carbocycles. The Morgan fingerprint density at radius 1 is 0.976 bits per heavy atom. The van der Waals surface area contributed by atoms with Gasteiger partial charge in [0.15, 0.2) is 11.6 Å². The van der Waals surface area contributed by atoms with Crippen molar-refractivity contribution in [2.75, 3.05) is 43.4 Å². The van der Waals surface area contributed by atoms with Crippen molar-refractivity contribution in [3.05, 3.63) is 53.6 Å². The zero-order valence-corrected chi connectivity index (χ0v) is 23.8. The van der Waals surface area contributed by atoms with E-state index in [-0.39, 0.29) is 28.6 Å². The van der Waals surface area contributed by atoms with E-state index >= 15 is 0 Å². The minimum atomic E-state index is -0.688. The van der Waals surface area contributed by atoms with Gasteiger partial charge in [-0.25, -0.2) is 28.7 Å². The summed E-state index contributed by atoms with van der Waals surface area (Å²) in [5.41, 5.74) is 2.52. The molecular formula is C29H35F2N9O. The molecule has 0 bridgehead atoms. The summed E-state index contributed by atoms with van der Waals surface area (Å²) in [6.07, 6.45) is 3.90. The normalized spacial score (nSPS) is 14.5. The number of nitrogens with zero attached hydrogens (tertiary/aromatic N) is 7. The van der Waals surface area contributed by atoms with Crippen LogP contribution in [0.1, 0.15) is 38.1 Å². The first-order chi connectivity index (χ1) is 19.7. The predicted octanol–water partition coefficient (Wildman–Crippen LogP) is 4.63. The molecule has 2 N–H and O–H groups in total. The van der Waals surface area contributed by atoms with Crippen molar-refractivity contribution in [2.24, 2.45) is 7.05 Å². The molecule has 12 heteroatoms. The molecular weight excluding hydrogens is 528 g/mol. The largest absolute Gasteiger partial charge is 0.331 e. The van der Waals surface area contributed by atoms with Crippen molar-refractivity contribution in [2.45, 2.75) is 40.2 Å². The third-order valence-corrected chi connectivity index (χ3v) is 7.46. The van der Waals surface area contributed by atoms with Crippen molar-refractivity contribution < 1.29 is 13.6 Å². The van der Waals surface area contributed by atoms with Crippen LogP contribution in [0.3, 0.4) is 0 Å². The standard InChI is InChI=1S/C29H35F2N9O/c1-5-7-26(41)35-23-14-25(32-15-20(23)17-40-10-8-39(6-2)9-11-40)36-29-33-16-22(31)27(37-29)19-12-21(30)28-24(13-19)38(4)18(3)34-28/h12-16H,5-11,17H2,1-4H3,(H2,32,33,35,36,37,41). The summed E-state index contributed by atoms with van der Waals surface area (Å²) in [7, 11) is 1.77. The molecule has 0 radical (unpaired) electrons. The van der Waals surface area contributed by atoms with Crippen LogP contribution >= 0.6 is 0 Å². The Kier molecular flexibility index (Phi) is 8.50. The van der Waals surface area contributed by atoms with Crippen LogP contribution in [0.5, 0.6) is 0 Å². The quantitative estimate of drug-likeness (QED) is 0.304. The van der Waals surface area contributed by atoms with Crippen LogP contribution in [0.15, 0.2) is 30.6 Å². The molecule has 0 atom stereocenters. The monoisotopic (exact) mass is 563 g/mol. The highest BCUT2D eigenvalue weighted by molar-refractivity contribution is 5.92. The number of aryl methyl sites for hydroxylation is 2. The number of halogens is 2. The predicted molar refractivity (Wildman–Crippen MR) is 155 cm³/mol. The maximum absolute atomic E-state index is 14.9. The van der Waals surface area contributed by atoms with Gasteiger partial charge in [0.25, 0.3) is 0 Å². The number of aromatic nitrogens is 5. The van der Waals surface area contributed by atoms with Crippen molar-refractivity contribution in [1.82, 2.24) is 34.3 Å². The SMILES string of the molecule is CCCC(=O)Nc1cc(Nc2ncc(F)c(-c3cc(F)c4nc(C)n(C)c4c3)n2)ncc1CN1CCN(CC)CC1. The smallest absolute Gasteiger partial charge is 0.229 e. The van der Waals surface area contributed by atoms with Gasteiger partial charge in [-0.15, -0.1) is 0 Å².